The summed E-state index contributed by atoms with van der Waals surface area (Å²) in [6.07, 6.45) is -3.07. The van der Waals surface area contributed by atoms with Crippen LogP contribution in [0.15, 0.2) is 78.9 Å². The molecule has 0 saturated carbocycles. The van der Waals surface area contributed by atoms with Gasteiger partial charge in [-0.25, -0.2) is 9.78 Å². The topological polar surface area (TPSA) is 96.3 Å². The summed E-state index contributed by atoms with van der Waals surface area (Å²) in [5.41, 5.74) is 2.93. The molecule has 0 atom stereocenters. The minimum Gasteiger partial charge on any atom is -0.493 e. The second-order valence-electron chi connectivity index (χ2n) is 10.4. The Morgan fingerprint density at radius 3 is 2.36 bits per heavy atom. The van der Waals surface area contributed by atoms with E-state index in [1.807, 2.05) is 54.6 Å². The van der Waals surface area contributed by atoms with Crippen LogP contribution in [0.4, 0.5) is 18.0 Å². The molecule has 1 fully saturated rings. The Morgan fingerprint density at radius 2 is 1.67 bits per heavy atom. The Labute approximate surface area is 239 Å². The molecule has 42 heavy (non-hydrogen) atoms. The average Bonchev–Trinajstić information content (AvgIpc) is 3.57. The van der Waals surface area contributed by atoms with Crippen LogP contribution in [0, 0.1) is 5.92 Å². The van der Waals surface area contributed by atoms with Crippen molar-refractivity contribution in [3.05, 3.63) is 95.6 Å². The van der Waals surface area contributed by atoms with E-state index in [0.29, 0.717) is 60.6 Å². The molecular weight excluding hydrogens is 547 g/mol. The first-order valence-electron chi connectivity index (χ1n) is 13.7. The first kappa shape index (κ1) is 27.4. The minimum absolute atomic E-state index is 0.107. The number of alkyl halides is 3. The number of fused-ring (bicyclic) bond motifs is 1. The lowest BCUT2D eigenvalue weighted by Crippen LogP contribution is -2.39. The fourth-order valence-electron chi connectivity index (χ4n) is 5.28. The molecule has 1 amide bonds. The number of nitrogens with zero attached hydrogens (tertiary/aromatic N) is 4. The van der Waals surface area contributed by atoms with E-state index in [1.165, 1.54) is 16.8 Å². The molecule has 0 unspecified atom stereocenters. The normalized spacial score (nSPS) is 14.4. The van der Waals surface area contributed by atoms with Gasteiger partial charge in [-0.05, 0) is 55.0 Å². The maximum atomic E-state index is 13.2. The minimum atomic E-state index is -4.46. The van der Waals surface area contributed by atoms with Gasteiger partial charge in [0.05, 0.1) is 16.6 Å². The zero-order valence-electron chi connectivity index (χ0n) is 22.5. The van der Waals surface area contributed by atoms with E-state index < -0.39 is 11.7 Å². The number of likely N-dealkylation sites (tertiary alicyclic amines) is 1. The number of ether oxygens (including phenoxy) is 1. The molecule has 1 saturated heterocycles. The molecule has 11 heteroatoms. The number of benzene rings is 3. The third kappa shape index (κ3) is 5.67. The van der Waals surface area contributed by atoms with Crippen LogP contribution in [-0.2, 0) is 23.9 Å². The molecule has 3 aromatic carbocycles. The fourth-order valence-corrected chi connectivity index (χ4v) is 5.28. The number of amides is 1. The van der Waals surface area contributed by atoms with Gasteiger partial charge in [0.15, 0.2) is 0 Å². The van der Waals surface area contributed by atoms with E-state index in [-0.39, 0.29) is 24.5 Å². The molecule has 2 N–H and O–H groups in total. The highest BCUT2D eigenvalue weighted by Gasteiger charge is 2.31. The van der Waals surface area contributed by atoms with E-state index in [1.54, 1.807) is 4.90 Å². The molecule has 2 aromatic heterocycles. The number of rotatable bonds is 6. The fraction of sp³-hybridized carbons (Fsp3) is 0.258. The Bertz CT molecular complexity index is 1660. The van der Waals surface area contributed by atoms with Gasteiger partial charge in [0.25, 0.3) is 0 Å². The van der Waals surface area contributed by atoms with E-state index in [2.05, 4.69) is 15.1 Å². The Kier molecular flexibility index (Phi) is 7.32. The molecule has 0 aliphatic carbocycles. The second kappa shape index (κ2) is 11.2. The quantitative estimate of drug-likeness (QED) is 0.234. The monoisotopic (exact) mass is 575 g/mol. The van der Waals surface area contributed by atoms with Gasteiger partial charge in [-0.3, -0.25) is 0 Å². The van der Waals surface area contributed by atoms with Crippen LogP contribution in [0.3, 0.4) is 0 Å². The second-order valence-corrected chi connectivity index (χ2v) is 10.4. The molecule has 0 bridgehead atoms. The van der Waals surface area contributed by atoms with Gasteiger partial charge in [0.2, 0.25) is 11.8 Å². The SMILES string of the molecule is O=C(OCc1ccccc1)N1CCC(Cc2c(-c3ccc(C(F)(F)F)cc3)nn(-c3nc4ccccc4[nH]3)c2O)CC1. The molecule has 8 nitrogen and oxygen atoms in total. The number of piperidine rings is 1. The van der Waals surface area contributed by atoms with Gasteiger partial charge in [-0.2, -0.15) is 23.0 Å². The summed E-state index contributed by atoms with van der Waals surface area (Å²) in [4.78, 5) is 22.0. The van der Waals surface area contributed by atoms with Crippen molar-refractivity contribution in [3.8, 4) is 23.1 Å². The van der Waals surface area contributed by atoms with Crippen molar-refractivity contribution >= 4 is 17.1 Å². The third-order valence-electron chi connectivity index (χ3n) is 7.59. The molecule has 6 rings (SSSR count). The predicted molar refractivity (Wildman–Crippen MR) is 150 cm³/mol. The van der Waals surface area contributed by atoms with E-state index in [9.17, 15) is 23.1 Å². The number of aromatic amines is 1. The van der Waals surface area contributed by atoms with E-state index >= 15 is 0 Å². The van der Waals surface area contributed by atoms with Crippen LogP contribution in [0.25, 0.3) is 28.2 Å². The lowest BCUT2D eigenvalue weighted by molar-refractivity contribution is -0.137. The maximum absolute atomic E-state index is 13.2. The molecule has 1 aliphatic rings. The summed E-state index contributed by atoms with van der Waals surface area (Å²) in [5.74, 6) is 0.272. The number of para-hydroxylation sites is 2. The van der Waals surface area contributed by atoms with Crippen LogP contribution in [0.1, 0.15) is 29.5 Å². The summed E-state index contributed by atoms with van der Waals surface area (Å²) >= 11 is 0. The van der Waals surface area contributed by atoms with Crippen molar-refractivity contribution in [2.24, 2.45) is 5.92 Å². The van der Waals surface area contributed by atoms with Gasteiger partial charge in [0, 0.05) is 24.2 Å². The Balaban J connectivity index is 1.22. The summed E-state index contributed by atoms with van der Waals surface area (Å²) in [5, 5.41) is 16.0. The molecular formula is C31H28F3N5O3. The molecule has 0 spiro atoms. The van der Waals surface area contributed by atoms with Crippen molar-refractivity contribution in [2.45, 2.75) is 32.0 Å². The molecule has 0 radical (unpaired) electrons. The number of hydrogen-bond acceptors (Lipinski definition) is 5. The van der Waals surface area contributed by atoms with Gasteiger partial charge < -0.3 is 19.7 Å². The van der Waals surface area contributed by atoms with E-state index in [0.717, 1.165) is 23.2 Å². The van der Waals surface area contributed by atoms with Gasteiger partial charge in [-0.1, -0.05) is 54.6 Å². The largest absolute Gasteiger partial charge is 0.493 e. The summed E-state index contributed by atoms with van der Waals surface area (Å²) < 4.78 is 46.4. The lowest BCUT2D eigenvalue weighted by atomic mass is 9.89. The smallest absolute Gasteiger partial charge is 0.416 e. The van der Waals surface area contributed by atoms with Crippen molar-refractivity contribution in [3.63, 3.8) is 0 Å². The Morgan fingerprint density at radius 1 is 0.976 bits per heavy atom. The number of carbonyl (C=O) groups is 1. The zero-order chi connectivity index (χ0) is 29.3. The maximum Gasteiger partial charge on any atom is 0.416 e. The number of hydrogen-bond donors (Lipinski definition) is 2. The van der Waals surface area contributed by atoms with Crippen molar-refractivity contribution in [1.29, 1.82) is 0 Å². The third-order valence-corrected chi connectivity index (χ3v) is 7.59. The van der Waals surface area contributed by atoms with Gasteiger partial charge in [0.1, 0.15) is 12.3 Å². The Hall–Kier alpha value is -4.80. The molecule has 1 aliphatic heterocycles. The van der Waals surface area contributed by atoms with Crippen LogP contribution in [-0.4, -0.2) is 48.9 Å². The highest BCUT2D eigenvalue weighted by Crippen LogP contribution is 2.37. The first-order chi connectivity index (χ1) is 20.3. The number of aromatic hydroxyl groups is 1. The molecule has 216 valence electrons. The van der Waals surface area contributed by atoms with Crippen LogP contribution in [0.5, 0.6) is 5.88 Å². The number of nitrogens with one attached hydrogen (secondary N) is 1. The van der Waals surface area contributed by atoms with Crippen LogP contribution in [0.2, 0.25) is 0 Å². The van der Waals surface area contributed by atoms with Crippen LogP contribution < -0.4 is 0 Å². The number of halogens is 3. The predicted octanol–water partition coefficient (Wildman–Crippen LogP) is 6.73. The molecule has 5 aromatic rings. The summed E-state index contributed by atoms with van der Waals surface area (Å²) in [6, 6.07) is 21.6. The van der Waals surface area contributed by atoms with Crippen molar-refractivity contribution < 1.29 is 27.8 Å². The van der Waals surface area contributed by atoms with Gasteiger partial charge >= 0.3 is 12.3 Å². The lowest BCUT2D eigenvalue weighted by Gasteiger charge is -2.31. The van der Waals surface area contributed by atoms with E-state index in [4.69, 9.17) is 4.74 Å². The van der Waals surface area contributed by atoms with Crippen molar-refractivity contribution in [2.75, 3.05) is 13.1 Å². The highest BCUT2D eigenvalue weighted by molar-refractivity contribution is 5.76. The average molecular weight is 576 g/mol. The van der Waals surface area contributed by atoms with Gasteiger partial charge in [-0.15, -0.1) is 0 Å². The molecule has 3 heterocycles. The van der Waals surface area contributed by atoms with Crippen molar-refractivity contribution in [1.82, 2.24) is 24.6 Å². The summed E-state index contributed by atoms with van der Waals surface area (Å²) in [6.45, 7) is 1.18. The standard InChI is InChI=1S/C31H28F3N5O3/c32-31(33,34)23-12-10-22(11-13-23)27-24(28(40)39(37-27)29-35-25-8-4-5-9-26(25)36-29)18-20-14-16-38(17-15-20)30(41)42-19-21-6-2-1-3-7-21/h1-13,20,40H,14-19H2,(H,35,36). The zero-order valence-corrected chi connectivity index (χ0v) is 22.5. The highest BCUT2D eigenvalue weighted by atomic mass is 19.4. The number of aromatic nitrogens is 4. The number of H-pyrrole nitrogens is 1. The first-order valence-corrected chi connectivity index (χ1v) is 13.7. The van der Waals surface area contributed by atoms with Crippen LogP contribution >= 0.6 is 0 Å². The number of carbonyl (C=O) groups excluding carboxylic acids is 1. The summed E-state index contributed by atoms with van der Waals surface area (Å²) in [7, 11) is 0. The number of imidazole rings is 1.